The molecule has 0 atom stereocenters. The maximum atomic E-state index is 5.37. The molecule has 2 heteroatoms. The minimum absolute atomic E-state index is 0.488. The standard InChI is InChI=1S/C14H17BO/c1-4-9-16-12(3)14-7-5-13(6-8-14)11(2)10-15/h4-8H,1-3,9-10,15H2. The first kappa shape index (κ1) is 12.4. The Labute approximate surface area is 98.5 Å². The van der Waals surface area contributed by atoms with E-state index in [0.29, 0.717) is 12.4 Å². The Balaban J connectivity index is 2.74. The molecule has 1 rings (SSSR count). The van der Waals surface area contributed by atoms with Crippen LogP contribution in [0.5, 0.6) is 0 Å². The van der Waals surface area contributed by atoms with E-state index in [1.54, 1.807) is 6.08 Å². The highest BCUT2D eigenvalue weighted by Crippen LogP contribution is 2.19. The van der Waals surface area contributed by atoms with Crippen LogP contribution in [-0.4, -0.2) is 14.5 Å². The lowest BCUT2D eigenvalue weighted by Crippen LogP contribution is -1.91. The van der Waals surface area contributed by atoms with Gasteiger partial charge in [-0.15, -0.1) is 0 Å². The molecule has 0 heterocycles. The smallest absolute Gasteiger partial charge is 0.119 e. The van der Waals surface area contributed by atoms with E-state index in [9.17, 15) is 0 Å². The van der Waals surface area contributed by atoms with Gasteiger partial charge in [-0.05, 0) is 5.56 Å². The van der Waals surface area contributed by atoms with Crippen molar-refractivity contribution >= 4 is 19.2 Å². The van der Waals surface area contributed by atoms with Crippen LogP contribution in [0.25, 0.3) is 11.3 Å². The first-order chi connectivity index (χ1) is 7.69. The lowest BCUT2D eigenvalue weighted by molar-refractivity contribution is 0.321. The second kappa shape index (κ2) is 6.01. The number of allylic oxidation sites excluding steroid dienone is 1. The van der Waals surface area contributed by atoms with Gasteiger partial charge in [0.05, 0.1) is 0 Å². The third-order valence-corrected chi connectivity index (χ3v) is 2.42. The molecule has 0 aliphatic carbocycles. The van der Waals surface area contributed by atoms with Crippen molar-refractivity contribution in [2.75, 3.05) is 6.61 Å². The van der Waals surface area contributed by atoms with E-state index in [4.69, 9.17) is 4.74 Å². The van der Waals surface area contributed by atoms with Gasteiger partial charge in [0.15, 0.2) is 0 Å². The highest BCUT2D eigenvalue weighted by atomic mass is 16.5. The quantitative estimate of drug-likeness (QED) is 0.400. The lowest BCUT2D eigenvalue weighted by atomic mass is 9.92. The van der Waals surface area contributed by atoms with Gasteiger partial charge in [-0.2, -0.15) is 0 Å². The van der Waals surface area contributed by atoms with E-state index in [0.717, 1.165) is 17.5 Å². The zero-order chi connectivity index (χ0) is 12.0. The molecule has 0 N–H and O–H groups in total. The molecule has 0 radical (unpaired) electrons. The number of hydrogen-bond acceptors (Lipinski definition) is 1. The average molecular weight is 212 g/mol. The molecule has 1 nitrogen and oxygen atoms in total. The van der Waals surface area contributed by atoms with Gasteiger partial charge in [0.25, 0.3) is 0 Å². The number of rotatable bonds is 6. The Morgan fingerprint density at radius 3 is 2.25 bits per heavy atom. The molecule has 16 heavy (non-hydrogen) atoms. The maximum absolute atomic E-state index is 5.37. The molecule has 0 bridgehead atoms. The molecule has 0 amide bonds. The minimum atomic E-state index is 0.488. The van der Waals surface area contributed by atoms with Gasteiger partial charge >= 0.3 is 0 Å². The highest BCUT2D eigenvalue weighted by molar-refractivity contribution is 6.14. The Kier molecular flexibility index (Phi) is 4.65. The SMILES string of the molecule is BCC(=C)c1ccc(C(=C)OCC=C)cc1. The van der Waals surface area contributed by atoms with Crippen LogP contribution >= 0.6 is 0 Å². The summed E-state index contributed by atoms with van der Waals surface area (Å²) in [6.45, 7) is 12.0. The summed E-state index contributed by atoms with van der Waals surface area (Å²) in [5.41, 5.74) is 3.31. The number of ether oxygens (including phenoxy) is 1. The van der Waals surface area contributed by atoms with Crippen LogP contribution in [0.1, 0.15) is 11.1 Å². The topological polar surface area (TPSA) is 9.23 Å². The van der Waals surface area contributed by atoms with Gasteiger partial charge in [-0.3, -0.25) is 0 Å². The monoisotopic (exact) mass is 212 g/mol. The largest absolute Gasteiger partial charge is 0.490 e. The Bertz CT molecular complexity index is 390. The van der Waals surface area contributed by atoms with Crippen molar-refractivity contribution in [3.63, 3.8) is 0 Å². The first-order valence-corrected chi connectivity index (χ1v) is 5.40. The van der Waals surface area contributed by atoms with Gasteiger partial charge < -0.3 is 4.74 Å². The van der Waals surface area contributed by atoms with Crippen LogP contribution in [-0.2, 0) is 4.74 Å². The van der Waals surface area contributed by atoms with Gasteiger partial charge in [0.2, 0.25) is 0 Å². The van der Waals surface area contributed by atoms with E-state index >= 15 is 0 Å². The third kappa shape index (κ3) is 3.16. The van der Waals surface area contributed by atoms with Crippen molar-refractivity contribution in [1.82, 2.24) is 0 Å². The van der Waals surface area contributed by atoms with Gasteiger partial charge in [-0.25, -0.2) is 0 Å². The summed E-state index contributed by atoms with van der Waals surface area (Å²) < 4.78 is 5.37. The maximum Gasteiger partial charge on any atom is 0.119 e. The molecule has 0 unspecified atom stereocenters. The fourth-order valence-corrected chi connectivity index (χ4v) is 1.34. The highest BCUT2D eigenvalue weighted by Gasteiger charge is 2.00. The molecule has 0 aliphatic heterocycles. The minimum Gasteiger partial charge on any atom is -0.490 e. The van der Waals surface area contributed by atoms with Crippen LogP contribution in [0, 0.1) is 0 Å². The number of hydrogen-bond donors (Lipinski definition) is 0. The summed E-state index contributed by atoms with van der Waals surface area (Å²) in [6.07, 6.45) is 2.67. The third-order valence-electron chi connectivity index (χ3n) is 2.42. The summed E-state index contributed by atoms with van der Waals surface area (Å²) in [6, 6.07) is 8.09. The fraction of sp³-hybridized carbons (Fsp3) is 0.143. The fourth-order valence-electron chi connectivity index (χ4n) is 1.34. The van der Waals surface area contributed by atoms with Gasteiger partial charge in [0.1, 0.15) is 20.2 Å². The molecule has 0 aromatic heterocycles. The normalized spacial score (nSPS) is 9.50. The molecule has 1 aromatic carbocycles. The van der Waals surface area contributed by atoms with E-state index in [2.05, 4.69) is 27.6 Å². The van der Waals surface area contributed by atoms with Crippen LogP contribution in [0.2, 0.25) is 6.32 Å². The van der Waals surface area contributed by atoms with Gasteiger partial charge in [-0.1, -0.05) is 62.0 Å². The predicted molar refractivity (Wildman–Crippen MR) is 74.0 cm³/mol. The summed E-state index contributed by atoms with van der Waals surface area (Å²) in [4.78, 5) is 0. The number of benzene rings is 1. The summed E-state index contributed by atoms with van der Waals surface area (Å²) in [5.74, 6) is 0.675. The van der Waals surface area contributed by atoms with Crippen molar-refractivity contribution in [2.45, 2.75) is 6.32 Å². The second-order valence-corrected chi connectivity index (χ2v) is 3.56. The molecule has 0 saturated carbocycles. The molecular weight excluding hydrogens is 195 g/mol. The molecule has 0 fully saturated rings. The van der Waals surface area contributed by atoms with E-state index in [1.165, 1.54) is 5.56 Å². The summed E-state index contributed by atoms with van der Waals surface area (Å²) in [7, 11) is 2.10. The zero-order valence-electron chi connectivity index (χ0n) is 9.83. The molecule has 1 aromatic rings. The first-order valence-electron chi connectivity index (χ1n) is 5.40. The Morgan fingerprint density at radius 2 is 1.75 bits per heavy atom. The van der Waals surface area contributed by atoms with Crippen molar-refractivity contribution in [1.29, 1.82) is 0 Å². The van der Waals surface area contributed by atoms with Crippen molar-refractivity contribution in [3.05, 3.63) is 61.2 Å². The van der Waals surface area contributed by atoms with Crippen LogP contribution in [0.15, 0.2) is 50.1 Å². The summed E-state index contributed by atoms with van der Waals surface area (Å²) >= 11 is 0. The van der Waals surface area contributed by atoms with Crippen molar-refractivity contribution in [2.24, 2.45) is 0 Å². The van der Waals surface area contributed by atoms with Crippen LogP contribution in [0.4, 0.5) is 0 Å². The van der Waals surface area contributed by atoms with Gasteiger partial charge in [0, 0.05) is 5.56 Å². The molecule has 0 spiro atoms. The zero-order valence-corrected chi connectivity index (χ0v) is 9.83. The van der Waals surface area contributed by atoms with Crippen LogP contribution in [0.3, 0.4) is 0 Å². The molecule has 0 saturated heterocycles. The van der Waals surface area contributed by atoms with E-state index in [-0.39, 0.29) is 0 Å². The lowest BCUT2D eigenvalue weighted by Gasteiger charge is -2.08. The van der Waals surface area contributed by atoms with E-state index < -0.39 is 0 Å². The van der Waals surface area contributed by atoms with Crippen molar-refractivity contribution < 1.29 is 4.74 Å². The predicted octanol–water partition coefficient (Wildman–Crippen LogP) is 2.92. The average Bonchev–Trinajstić information content (AvgIpc) is 2.35. The molecular formula is C14H17BO. The second-order valence-electron chi connectivity index (χ2n) is 3.56. The van der Waals surface area contributed by atoms with Crippen LogP contribution < -0.4 is 0 Å². The Hall–Kier alpha value is -1.70. The van der Waals surface area contributed by atoms with E-state index in [1.807, 2.05) is 24.3 Å². The molecule has 0 aliphatic rings. The Morgan fingerprint density at radius 1 is 1.19 bits per heavy atom. The summed E-state index contributed by atoms with van der Waals surface area (Å²) in [5, 5.41) is 0. The molecule has 82 valence electrons. The van der Waals surface area contributed by atoms with Crippen molar-refractivity contribution in [3.8, 4) is 0 Å².